The molecule has 94 valence electrons. The molecule has 0 aliphatic heterocycles. The number of amidine groups is 1. The smallest absolute Gasteiger partial charge is 0.213 e. The topological polar surface area (TPSA) is 75.2 Å². The van der Waals surface area contributed by atoms with E-state index in [1.54, 1.807) is 7.11 Å². The van der Waals surface area contributed by atoms with Gasteiger partial charge >= 0.3 is 0 Å². The van der Waals surface area contributed by atoms with Gasteiger partial charge in [-0.1, -0.05) is 13.0 Å². The lowest BCUT2D eigenvalue weighted by molar-refractivity contribution is 0.282. The summed E-state index contributed by atoms with van der Waals surface area (Å²) in [6, 6.07) is 5.73. The van der Waals surface area contributed by atoms with Crippen molar-refractivity contribution in [2.75, 3.05) is 20.2 Å². The van der Waals surface area contributed by atoms with Gasteiger partial charge in [0.2, 0.25) is 5.88 Å². The van der Waals surface area contributed by atoms with Crippen molar-refractivity contribution < 1.29 is 4.74 Å². The SMILES string of the molecule is CCN(CCC(=N)N)Cc1cccc(OC)n1. The fourth-order valence-corrected chi connectivity index (χ4v) is 1.52. The molecule has 17 heavy (non-hydrogen) atoms. The van der Waals surface area contributed by atoms with E-state index in [2.05, 4.69) is 16.8 Å². The van der Waals surface area contributed by atoms with Gasteiger partial charge in [-0.2, -0.15) is 0 Å². The van der Waals surface area contributed by atoms with E-state index < -0.39 is 0 Å². The monoisotopic (exact) mass is 236 g/mol. The summed E-state index contributed by atoms with van der Waals surface area (Å²) >= 11 is 0. The number of hydrogen-bond acceptors (Lipinski definition) is 4. The lowest BCUT2D eigenvalue weighted by Crippen LogP contribution is -2.27. The summed E-state index contributed by atoms with van der Waals surface area (Å²) in [7, 11) is 1.61. The molecule has 0 aliphatic carbocycles. The van der Waals surface area contributed by atoms with Crippen molar-refractivity contribution in [1.82, 2.24) is 9.88 Å². The number of hydrogen-bond donors (Lipinski definition) is 2. The summed E-state index contributed by atoms with van der Waals surface area (Å²) in [6.07, 6.45) is 0.595. The molecule has 0 saturated carbocycles. The molecule has 0 aromatic carbocycles. The van der Waals surface area contributed by atoms with Gasteiger partial charge in [0.1, 0.15) is 0 Å². The summed E-state index contributed by atoms with van der Waals surface area (Å²) in [4.78, 5) is 6.55. The van der Waals surface area contributed by atoms with Crippen LogP contribution < -0.4 is 10.5 Å². The third-order valence-electron chi connectivity index (χ3n) is 2.52. The van der Waals surface area contributed by atoms with Crippen molar-refractivity contribution in [2.24, 2.45) is 5.73 Å². The Hall–Kier alpha value is -1.62. The fraction of sp³-hybridized carbons (Fsp3) is 0.500. The highest BCUT2D eigenvalue weighted by Gasteiger charge is 2.06. The van der Waals surface area contributed by atoms with E-state index in [4.69, 9.17) is 15.9 Å². The van der Waals surface area contributed by atoms with E-state index in [1.807, 2.05) is 18.2 Å². The first-order chi connectivity index (χ1) is 8.15. The number of nitrogens with one attached hydrogen (secondary N) is 1. The average molecular weight is 236 g/mol. The van der Waals surface area contributed by atoms with Gasteiger partial charge in [0, 0.05) is 25.6 Å². The minimum Gasteiger partial charge on any atom is -0.481 e. The van der Waals surface area contributed by atoms with Crippen LogP contribution >= 0.6 is 0 Å². The summed E-state index contributed by atoms with van der Waals surface area (Å²) in [5.41, 5.74) is 6.32. The maximum atomic E-state index is 7.22. The van der Waals surface area contributed by atoms with Crippen molar-refractivity contribution in [3.8, 4) is 5.88 Å². The van der Waals surface area contributed by atoms with Crippen LogP contribution in [-0.2, 0) is 6.54 Å². The molecule has 0 radical (unpaired) electrons. The molecule has 1 heterocycles. The van der Waals surface area contributed by atoms with E-state index in [-0.39, 0.29) is 5.84 Å². The fourth-order valence-electron chi connectivity index (χ4n) is 1.52. The van der Waals surface area contributed by atoms with E-state index in [9.17, 15) is 0 Å². The molecule has 1 aromatic heterocycles. The van der Waals surface area contributed by atoms with E-state index in [0.717, 1.165) is 25.3 Å². The largest absolute Gasteiger partial charge is 0.481 e. The summed E-state index contributed by atoms with van der Waals surface area (Å²) in [6.45, 7) is 4.53. The van der Waals surface area contributed by atoms with Gasteiger partial charge in [0.25, 0.3) is 0 Å². The van der Waals surface area contributed by atoms with E-state index in [1.165, 1.54) is 0 Å². The second-order valence-corrected chi connectivity index (χ2v) is 3.82. The molecule has 3 N–H and O–H groups in total. The van der Waals surface area contributed by atoms with Crippen LogP contribution in [0.3, 0.4) is 0 Å². The van der Waals surface area contributed by atoms with Crippen LogP contribution in [0.5, 0.6) is 5.88 Å². The molecule has 0 spiro atoms. The predicted molar refractivity (Wildman–Crippen MR) is 68.3 cm³/mol. The third-order valence-corrected chi connectivity index (χ3v) is 2.52. The zero-order chi connectivity index (χ0) is 12.7. The molecule has 0 bridgehead atoms. The molecular formula is C12H20N4O. The number of pyridine rings is 1. The maximum absolute atomic E-state index is 7.22. The zero-order valence-corrected chi connectivity index (χ0v) is 10.4. The number of nitrogens with zero attached hydrogens (tertiary/aromatic N) is 2. The first-order valence-corrected chi connectivity index (χ1v) is 5.71. The molecule has 0 aliphatic rings. The normalized spacial score (nSPS) is 10.5. The Balaban J connectivity index is 2.56. The minimum absolute atomic E-state index is 0.224. The molecule has 0 saturated heterocycles. The van der Waals surface area contributed by atoms with Crippen LogP contribution in [0.15, 0.2) is 18.2 Å². The Labute approximate surface area is 102 Å². The van der Waals surface area contributed by atoms with E-state index in [0.29, 0.717) is 12.3 Å². The highest BCUT2D eigenvalue weighted by Crippen LogP contribution is 2.09. The Morgan fingerprint density at radius 1 is 1.53 bits per heavy atom. The van der Waals surface area contributed by atoms with Gasteiger partial charge in [0.15, 0.2) is 0 Å². The Bertz CT molecular complexity index is 367. The van der Waals surface area contributed by atoms with Crippen molar-refractivity contribution in [2.45, 2.75) is 19.9 Å². The number of ether oxygens (including phenoxy) is 1. The molecule has 1 rings (SSSR count). The molecule has 0 fully saturated rings. The highest BCUT2D eigenvalue weighted by molar-refractivity contribution is 5.76. The predicted octanol–water partition coefficient (Wildman–Crippen LogP) is 1.24. The molecule has 0 atom stereocenters. The molecule has 0 unspecified atom stereocenters. The Kier molecular flexibility index (Phi) is 5.42. The lowest BCUT2D eigenvalue weighted by Gasteiger charge is -2.19. The van der Waals surface area contributed by atoms with Gasteiger partial charge in [0.05, 0.1) is 18.6 Å². The maximum Gasteiger partial charge on any atom is 0.213 e. The zero-order valence-electron chi connectivity index (χ0n) is 10.4. The van der Waals surface area contributed by atoms with Crippen molar-refractivity contribution in [3.05, 3.63) is 23.9 Å². The average Bonchev–Trinajstić information content (AvgIpc) is 2.34. The van der Waals surface area contributed by atoms with Crippen molar-refractivity contribution >= 4 is 5.84 Å². The molecule has 5 nitrogen and oxygen atoms in total. The summed E-state index contributed by atoms with van der Waals surface area (Å²) in [5, 5.41) is 7.22. The standard InChI is InChI=1S/C12H20N4O/c1-3-16(8-7-11(13)14)9-10-5-4-6-12(15-10)17-2/h4-6H,3,7-9H2,1-2H3,(H3,13,14). The van der Waals surface area contributed by atoms with Gasteiger partial charge in [-0.3, -0.25) is 10.3 Å². The van der Waals surface area contributed by atoms with Gasteiger partial charge in [-0.15, -0.1) is 0 Å². The van der Waals surface area contributed by atoms with Gasteiger partial charge in [-0.25, -0.2) is 4.98 Å². The Morgan fingerprint density at radius 2 is 2.29 bits per heavy atom. The van der Waals surface area contributed by atoms with Crippen LogP contribution in [0.25, 0.3) is 0 Å². The molecular weight excluding hydrogens is 216 g/mol. The quantitative estimate of drug-likeness (QED) is 0.551. The van der Waals surface area contributed by atoms with Gasteiger partial charge < -0.3 is 10.5 Å². The summed E-state index contributed by atoms with van der Waals surface area (Å²) in [5.74, 6) is 0.854. The van der Waals surface area contributed by atoms with Crippen LogP contribution in [0.1, 0.15) is 19.0 Å². The number of rotatable bonds is 7. The van der Waals surface area contributed by atoms with E-state index >= 15 is 0 Å². The van der Waals surface area contributed by atoms with Crippen molar-refractivity contribution in [3.63, 3.8) is 0 Å². The first kappa shape index (κ1) is 13.4. The third kappa shape index (κ3) is 4.82. The van der Waals surface area contributed by atoms with Crippen LogP contribution in [0, 0.1) is 5.41 Å². The Morgan fingerprint density at radius 3 is 2.88 bits per heavy atom. The summed E-state index contributed by atoms with van der Waals surface area (Å²) < 4.78 is 5.08. The first-order valence-electron chi connectivity index (χ1n) is 5.71. The number of aromatic nitrogens is 1. The lowest BCUT2D eigenvalue weighted by atomic mass is 10.3. The minimum atomic E-state index is 0.224. The number of methoxy groups -OCH3 is 1. The van der Waals surface area contributed by atoms with Crippen LogP contribution in [0.2, 0.25) is 0 Å². The number of nitrogens with two attached hydrogens (primary N) is 1. The van der Waals surface area contributed by atoms with Crippen LogP contribution in [0.4, 0.5) is 0 Å². The second-order valence-electron chi connectivity index (χ2n) is 3.82. The highest BCUT2D eigenvalue weighted by atomic mass is 16.5. The van der Waals surface area contributed by atoms with Crippen molar-refractivity contribution in [1.29, 1.82) is 5.41 Å². The second kappa shape index (κ2) is 6.85. The molecule has 5 heteroatoms. The molecule has 0 amide bonds. The molecule has 1 aromatic rings. The van der Waals surface area contributed by atoms with Gasteiger partial charge in [-0.05, 0) is 12.6 Å². The van der Waals surface area contributed by atoms with Crippen LogP contribution in [-0.4, -0.2) is 35.9 Å².